The Kier molecular flexibility index (Phi) is 6.80. The zero-order valence-electron chi connectivity index (χ0n) is 14.6. The number of aryl methyl sites for hydroxylation is 1. The minimum atomic E-state index is -4.93. The molecule has 0 saturated heterocycles. The third-order valence-corrected chi connectivity index (χ3v) is 6.35. The number of nitrogens with one attached hydrogen (secondary N) is 1. The van der Waals surface area contributed by atoms with Crippen molar-refractivity contribution in [1.82, 2.24) is 4.31 Å². The monoisotopic (exact) mass is 498 g/mol. The van der Waals surface area contributed by atoms with Crippen LogP contribution in [-0.2, 0) is 21.0 Å². The smallest absolute Gasteiger partial charge is 0.325 e. The molecule has 0 fully saturated rings. The van der Waals surface area contributed by atoms with Gasteiger partial charge in [-0.3, -0.25) is 4.79 Å². The molecule has 0 bridgehead atoms. The summed E-state index contributed by atoms with van der Waals surface area (Å²) in [6.07, 6.45) is -4.93. The SMILES string of the molecule is Cc1cc(Br)ccc1NC(=O)CN(C)S(=O)(=O)c1ccc(Cl)cc1C(F)(F)F. The average Bonchev–Trinajstić information content (AvgIpc) is 2.56. The highest BCUT2D eigenvalue weighted by atomic mass is 79.9. The predicted octanol–water partition coefficient (Wildman–Crippen LogP) is 4.69. The molecule has 0 atom stereocenters. The van der Waals surface area contributed by atoms with Crippen LogP contribution in [0.4, 0.5) is 18.9 Å². The molecule has 0 spiro atoms. The number of halogens is 5. The molecule has 0 saturated carbocycles. The van der Waals surface area contributed by atoms with Gasteiger partial charge in [-0.25, -0.2) is 8.42 Å². The van der Waals surface area contributed by atoms with Crippen molar-refractivity contribution in [3.63, 3.8) is 0 Å². The number of hydrogen-bond acceptors (Lipinski definition) is 3. The number of hydrogen-bond donors (Lipinski definition) is 1. The van der Waals surface area contributed by atoms with Crippen molar-refractivity contribution >= 4 is 49.1 Å². The number of sulfonamides is 1. The molecule has 0 aliphatic carbocycles. The summed E-state index contributed by atoms with van der Waals surface area (Å²) in [5.74, 6) is -0.695. The molecule has 1 amide bonds. The van der Waals surface area contributed by atoms with Crippen LogP contribution in [0.2, 0.25) is 5.02 Å². The number of nitrogens with zero attached hydrogens (tertiary/aromatic N) is 1. The maximum Gasteiger partial charge on any atom is 0.417 e. The molecule has 11 heteroatoms. The summed E-state index contributed by atoms with van der Waals surface area (Å²) >= 11 is 8.86. The Morgan fingerprint density at radius 3 is 2.43 bits per heavy atom. The first-order valence-electron chi connectivity index (χ1n) is 7.71. The second kappa shape index (κ2) is 8.40. The molecule has 2 aromatic carbocycles. The van der Waals surface area contributed by atoms with Crippen molar-refractivity contribution in [2.24, 2.45) is 0 Å². The first-order valence-corrected chi connectivity index (χ1v) is 10.3. The van der Waals surface area contributed by atoms with Gasteiger partial charge in [0.2, 0.25) is 15.9 Å². The van der Waals surface area contributed by atoms with Gasteiger partial charge in [0.25, 0.3) is 0 Å². The molecule has 28 heavy (non-hydrogen) atoms. The highest BCUT2D eigenvalue weighted by molar-refractivity contribution is 9.10. The third kappa shape index (κ3) is 5.25. The summed E-state index contributed by atoms with van der Waals surface area (Å²) in [6.45, 7) is 1.07. The highest BCUT2D eigenvalue weighted by Crippen LogP contribution is 2.36. The molecule has 0 aliphatic heterocycles. The van der Waals surface area contributed by atoms with Crippen molar-refractivity contribution < 1.29 is 26.4 Å². The molecule has 0 radical (unpaired) electrons. The minimum Gasteiger partial charge on any atom is -0.325 e. The molecule has 0 aliphatic rings. The Hall–Kier alpha value is -1.62. The fraction of sp³-hybridized carbons (Fsp3) is 0.235. The lowest BCUT2D eigenvalue weighted by Crippen LogP contribution is -2.36. The van der Waals surface area contributed by atoms with Gasteiger partial charge in [0.1, 0.15) is 0 Å². The molecular weight excluding hydrogens is 485 g/mol. The average molecular weight is 500 g/mol. The largest absolute Gasteiger partial charge is 0.417 e. The molecular formula is C17H15BrClF3N2O3S. The predicted molar refractivity (Wildman–Crippen MR) is 104 cm³/mol. The van der Waals surface area contributed by atoms with E-state index in [1.54, 1.807) is 25.1 Å². The normalized spacial score (nSPS) is 12.3. The van der Waals surface area contributed by atoms with E-state index in [0.717, 1.165) is 29.2 Å². The van der Waals surface area contributed by atoms with Gasteiger partial charge in [0.05, 0.1) is 17.0 Å². The van der Waals surface area contributed by atoms with Crippen LogP contribution in [0.3, 0.4) is 0 Å². The lowest BCUT2D eigenvalue weighted by atomic mass is 10.2. The Bertz CT molecular complexity index is 1010. The van der Waals surface area contributed by atoms with Gasteiger partial charge >= 0.3 is 6.18 Å². The van der Waals surface area contributed by atoms with Crippen LogP contribution in [0.15, 0.2) is 45.8 Å². The van der Waals surface area contributed by atoms with E-state index in [1.807, 2.05) is 0 Å². The zero-order valence-corrected chi connectivity index (χ0v) is 17.8. The van der Waals surface area contributed by atoms with Gasteiger partial charge in [-0.2, -0.15) is 17.5 Å². The van der Waals surface area contributed by atoms with Crippen LogP contribution in [-0.4, -0.2) is 32.2 Å². The second-order valence-corrected chi connectivity index (χ2v) is 9.27. The van der Waals surface area contributed by atoms with Gasteiger partial charge in [0, 0.05) is 22.2 Å². The molecule has 5 nitrogen and oxygen atoms in total. The van der Waals surface area contributed by atoms with Crippen molar-refractivity contribution in [2.75, 3.05) is 18.9 Å². The number of amides is 1. The first kappa shape index (κ1) is 22.7. The number of likely N-dealkylation sites (N-methyl/N-ethyl adjacent to an activating group) is 1. The zero-order chi connectivity index (χ0) is 21.3. The highest BCUT2D eigenvalue weighted by Gasteiger charge is 2.39. The molecule has 1 N–H and O–H groups in total. The van der Waals surface area contributed by atoms with E-state index in [-0.39, 0.29) is 5.02 Å². The van der Waals surface area contributed by atoms with Gasteiger partial charge in [-0.1, -0.05) is 27.5 Å². The fourth-order valence-electron chi connectivity index (χ4n) is 2.36. The summed E-state index contributed by atoms with van der Waals surface area (Å²) in [7, 11) is -3.56. The number of carbonyl (C=O) groups is 1. The number of benzene rings is 2. The Labute approximate surface area is 173 Å². The maximum absolute atomic E-state index is 13.2. The van der Waals surface area contributed by atoms with E-state index < -0.39 is 39.1 Å². The van der Waals surface area contributed by atoms with Crippen molar-refractivity contribution in [2.45, 2.75) is 18.0 Å². The topological polar surface area (TPSA) is 66.5 Å². The Morgan fingerprint density at radius 1 is 1.21 bits per heavy atom. The number of rotatable bonds is 5. The maximum atomic E-state index is 13.2. The van der Waals surface area contributed by atoms with E-state index in [4.69, 9.17) is 11.6 Å². The quantitative estimate of drug-likeness (QED) is 0.649. The van der Waals surface area contributed by atoms with Crippen molar-refractivity contribution in [1.29, 1.82) is 0 Å². The van der Waals surface area contributed by atoms with Gasteiger partial charge in [0.15, 0.2) is 0 Å². The summed E-state index contributed by atoms with van der Waals surface area (Å²) in [5.41, 5.74) is -0.206. The fourth-order valence-corrected chi connectivity index (χ4v) is 4.32. The summed E-state index contributed by atoms with van der Waals surface area (Å²) in [4.78, 5) is 11.2. The van der Waals surface area contributed by atoms with Crippen LogP contribution in [0.5, 0.6) is 0 Å². The third-order valence-electron chi connectivity index (χ3n) is 3.76. The second-order valence-electron chi connectivity index (χ2n) is 5.91. The molecule has 0 unspecified atom stereocenters. The van der Waals surface area contributed by atoms with E-state index in [2.05, 4.69) is 21.2 Å². The summed E-state index contributed by atoms with van der Waals surface area (Å²) in [5, 5.41) is 2.28. The standard InChI is InChI=1S/C17H15BrClF3N2O3S/c1-10-7-11(18)3-5-14(10)23-16(25)9-24(2)28(26,27)15-6-4-12(19)8-13(15)17(20,21)22/h3-8H,9H2,1-2H3,(H,23,25). The number of anilines is 1. The Morgan fingerprint density at radius 2 is 1.86 bits per heavy atom. The Balaban J connectivity index is 2.26. The first-order chi connectivity index (χ1) is 12.8. The molecule has 152 valence electrons. The van der Waals surface area contributed by atoms with Crippen molar-refractivity contribution in [3.05, 3.63) is 57.0 Å². The summed E-state index contributed by atoms with van der Waals surface area (Å²) < 4.78 is 66.2. The van der Waals surface area contributed by atoms with Gasteiger partial charge in [-0.05, 0) is 48.9 Å². The van der Waals surface area contributed by atoms with E-state index in [0.29, 0.717) is 16.1 Å². The van der Waals surface area contributed by atoms with E-state index in [9.17, 15) is 26.4 Å². The lowest BCUT2D eigenvalue weighted by molar-refractivity contribution is -0.139. The van der Waals surface area contributed by atoms with Crippen LogP contribution in [0.25, 0.3) is 0 Å². The summed E-state index contributed by atoms with van der Waals surface area (Å²) in [6, 6.07) is 7.41. The molecule has 2 rings (SSSR count). The van der Waals surface area contributed by atoms with Crippen LogP contribution >= 0.6 is 27.5 Å². The van der Waals surface area contributed by atoms with Crippen LogP contribution in [0, 0.1) is 6.92 Å². The number of alkyl halides is 3. The van der Waals surface area contributed by atoms with Crippen LogP contribution < -0.4 is 5.32 Å². The van der Waals surface area contributed by atoms with Gasteiger partial charge < -0.3 is 5.32 Å². The number of carbonyl (C=O) groups excluding carboxylic acids is 1. The minimum absolute atomic E-state index is 0.252. The van der Waals surface area contributed by atoms with E-state index in [1.165, 1.54) is 0 Å². The molecule has 0 heterocycles. The van der Waals surface area contributed by atoms with Crippen LogP contribution in [0.1, 0.15) is 11.1 Å². The lowest BCUT2D eigenvalue weighted by Gasteiger charge is -2.20. The molecule has 2 aromatic rings. The van der Waals surface area contributed by atoms with E-state index >= 15 is 0 Å². The van der Waals surface area contributed by atoms with Gasteiger partial charge in [-0.15, -0.1) is 0 Å². The van der Waals surface area contributed by atoms with Crippen molar-refractivity contribution in [3.8, 4) is 0 Å². The molecule has 0 aromatic heterocycles.